The summed E-state index contributed by atoms with van der Waals surface area (Å²) in [6.45, 7) is 3.95. The van der Waals surface area contributed by atoms with Crippen LogP contribution in [0.4, 0.5) is 0 Å². The van der Waals surface area contributed by atoms with Gasteiger partial charge in [0.15, 0.2) is 0 Å². The lowest BCUT2D eigenvalue weighted by atomic mass is 9.83. The first-order valence-corrected chi connectivity index (χ1v) is 10.2. The molecular formula is C22H36O2. The van der Waals surface area contributed by atoms with Crippen LogP contribution in [0.25, 0.3) is 0 Å². The smallest absolute Gasteiger partial charge is 0.104 e. The van der Waals surface area contributed by atoms with E-state index in [0.717, 1.165) is 31.0 Å². The van der Waals surface area contributed by atoms with Gasteiger partial charge in [0.25, 0.3) is 0 Å². The van der Waals surface area contributed by atoms with Gasteiger partial charge in [0.05, 0.1) is 13.2 Å². The van der Waals surface area contributed by atoms with Gasteiger partial charge in [-0.2, -0.15) is 0 Å². The first-order valence-electron chi connectivity index (χ1n) is 10.2. The lowest BCUT2D eigenvalue weighted by Gasteiger charge is -2.22. The predicted octanol–water partition coefficient (Wildman–Crippen LogP) is 5.54. The van der Waals surface area contributed by atoms with Crippen LogP contribution in [0.3, 0.4) is 0 Å². The van der Waals surface area contributed by atoms with Crippen molar-refractivity contribution in [2.24, 2.45) is 23.2 Å². The SMILES string of the molecule is C1=CC2CCC1C2.CCCCC12C=CC(CC1)C2.COCC1CO1. The Labute approximate surface area is 148 Å². The van der Waals surface area contributed by atoms with E-state index in [2.05, 4.69) is 31.2 Å². The molecule has 2 nitrogen and oxygen atoms in total. The number of hydrogen-bond acceptors (Lipinski definition) is 2. The third kappa shape index (κ3) is 5.20. The maximum Gasteiger partial charge on any atom is 0.104 e. The Morgan fingerprint density at radius 1 is 1.08 bits per heavy atom. The van der Waals surface area contributed by atoms with Crippen molar-refractivity contribution in [3.8, 4) is 0 Å². The minimum absolute atomic E-state index is 0.426. The summed E-state index contributed by atoms with van der Waals surface area (Å²) in [5.74, 6) is 2.95. The number of methoxy groups -OCH3 is 1. The summed E-state index contributed by atoms with van der Waals surface area (Å²) >= 11 is 0. The number of unbranched alkanes of at least 4 members (excludes halogenated alkanes) is 1. The summed E-state index contributed by atoms with van der Waals surface area (Å²) < 4.78 is 9.56. The number of fused-ring (bicyclic) bond motifs is 4. The van der Waals surface area contributed by atoms with Crippen molar-refractivity contribution in [1.82, 2.24) is 0 Å². The molecule has 3 fully saturated rings. The fourth-order valence-corrected chi connectivity index (χ4v) is 4.76. The van der Waals surface area contributed by atoms with Crippen LogP contribution in [0.1, 0.15) is 64.7 Å². The molecule has 0 N–H and O–H groups in total. The van der Waals surface area contributed by atoms with Gasteiger partial charge in [-0.1, -0.05) is 44.1 Å². The van der Waals surface area contributed by atoms with Crippen LogP contribution in [-0.4, -0.2) is 26.4 Å². The van der Waals surface area contributed by atoms with Crippen molar-refractivity contribution in [3.63, 3.8) is 0 Å². The van der Waals surface area contributed by atoms with Crippen LogP contribution in [0, 0.1) is 23.2 Å². The molecule has 5 unspecified atom stereocenters. The van der Waals surface area contributed by atoms with E-state index >= 15 is 0 Å². The predicted molar refractivity (Wildman–Crippen MR) is 100 cm³/mol. The molecule has 2 saturated carbocycles. The molecule has 0 aromatic rings. The van der Waals surface area contributed by atoms with Crippen molar-refractivity contribution in [2.75, 3.05) is 20.3 Å². The maximum atomic E-state index is 4.82. The summed E-state index contributed by atoms with van der Waals surface area (Å²) in [4.78, 5) is 0. The van der Waals surface area contributed by atoms with Gasteiger partial charge in [-0.15, -0.1) is 0 Å². The highest BCUT2D eigenvalue weighted by Crippen LogP contribution is 2.51. The average Bonchev–Trinajstić information content (AvgIpc) is 3.06. The average molecular weight is 333 g/mol. The van der Waals surface area contributed by atoms with Gasteiger partial charge in [0.1, 0.15) is 6.10 Å². The molecule has 5 aliphatic rings. The molecule has 0 spiro atoms. The molecule has 0 aromatic carbocycles. The minimum atomic E-state index is 0.426. The van der Waals surface area contributed by atoms with Crippen molar-refractivity contribution in [2.45, 2.75) is 70.8 Å². The van der Waals surface area contributed by atoms with Crippen LogP contribution in [0.2, 0.25) is 0 Å². The largest absolute Gasteiger partial charge is 0.382 e. The van der Waals surface area contributed by atoms with E-state index in [1.165, 1.54) is 57.8 Å². The van der Waals surface area contributed by atoms with E-state index in [1.54, 1.807) is 7.11 Å². The molecule has 136 valence electrons. The first-order chi connectivity index (χ1) is 11.7. The molecule has 5 atom stereocenters. The van der Waals surface area contributed by atoms with E-state index in [4.69, 9.17) is 9.47 Å². The zero-order chi connectivity index (χ0) is 16.8. The van der Waals surface area contributed by atoms with Gasteiger partial charge in [-0.3, -0.25) is 0 Å². The maximum absolute atomic E-state index is 4.82. The quantitative estimate of drug-likeness (QED) is 0.487. The molecule has 0 amide bonds. The van der Waals surface area contributed by atoms with Crippen LogP contribution in [0.5, 0.6) is 0 Å². The standard InChI is InChI=1S/C11H18.C7H10.C4H8O2/c1-2-3-6-11-7-4-10(9-11)5-8-11;1-2-7-4-3-6(1)5-7;1-5-2-4-3-6-4/h4,7,10H,2-3,5-6,8-9H2,1H3;1-2,6-7H,3-5H2;4H,2-3H2,1H3. The van der Waals surface area contributed by atoms with Crippen molar-refractivity contribution in [3.05, 3.63) is 24.3 Å². The third-order valence-corrected chi connectivity index (χ3v) is 6.36. The number of epoxide rings is 1. The van der Waals surface area contributed by atoms with E-state index < -0.39 is 0 Å². The van der Waals surface area contributed by atoms with Gasteiger partial charge in [0.2, 0.25) is 0 Å². The molecule has 1 heterocycles. The van der Waals surface area contributed by atoms with Gasteiger partial charge in [-0.25, -0.2) is 0 Å². The van der Waals surface area contributed by atoms with Crippen LogP contribution >= 0.6 is 0 Å². The zero-order valence-electron chi connectivity index (χ0n) is 15.7. The highest BCUT2D eigenvalue weighted by atomic mass is 16.6. The molecule has 5 rings (SSSR count). The molecule has 0 radical (unpaired) electrons. The van der Waals surface area contributed by atoms with Crippen LogP contribution in [0.15, 0.2) is 24.3 Å². The normalized spacial score (nSPS) is 39.4. The van der Waals surface area contributed by atoms with Crippen molar-refractivity contribution < 1.29 is 9.47 Å². The third-order valence-electron chi connectivity index (χ3n) is 6.36. The van der Waals surface area contributed by atoms with Gasteiger partial charge >= 0.3 is 0 Å². The highest BCUT2D eigenvalue weighted by molar-refractivity contribution is 5.15. The molecule has 24 heavy (non-hydrogen) atoms. The molecule has 4 bridgehead atoms. The lowest BCUT2D eigenvalue weighted by molar-refractivity contribution is 0.171. The summed E-state index contributed by atoms with van der Waals surface area (Å²) in [5.41, 5.74) is 0.681. The Morgan fingerprint density at radius 3 is 2.12 bits per heavy atom. The van der Waals surface area contributed by atoms with Crippen molar-refractivity contribution in [1.29, 1.82) is 0 Å². The lowest BCUT2D eigenvalue weighted by Crippen LogP contribution is -2.10. The summed E-state index contributed by atoms with van der Waals surface area (Å²) in [6, 6.07) is 0. The first kappa shape index (κ1) is 18.2. The topological polar surface area (TPSA) is 21.8 Å². The Bertz CT molecular complexity index is 425. The fraction of sp³-hybridized carbons (Fsp3) is 0.818. The number of hydrogen-bond donors (Lipinski definition) is 0. The molecular weight excluding hydrogens is 296 g/mol. The van der Waals surface area contributed by atoms with Crippen LogP contribution < -0.4 is 0 Å². The van der Waals surface area contributed by atoms with Gasteiger partial charge < -0.3 is 9.47 Å². The van der Waals surface area contributed by atoms with E-state index in [9.17, 15) is 0 Å². The van der Waals surface area contributed by atoms with E-state index in [-0.39, 0.29) is 0 Å². The number of allylic oxidation sites excluding steroid dienone is 4. The molecule has 0 aromatic heterocycles. The van der Waals surface area contributed by atoms with Crippen molar-refractivity contribution >= 4 is 0 Å². The molecule has 2 heteroatoms. The second-order valence-corrected chi connectivity index (χ2v) is 8.46. The summed E-state index contributed by atoms with van der Waals surface area (Å²) in [5, 5.41) is 0. The van der Waals surface area contributed by atoms with Crippen LogP contribution in [-0.2, 0) is 9.47 Å². The summed E-state index contributed by atoms with van der Waals surface area (Å²) in [6.07, 6.45) is 23.3. The molecule has 4 aliphatic carbocycles. The number of rotatable bonds is 5. The minimum Gasteiger partial charge on any atom is -0.382 e. The van der Waals surface area contributed by atoms with Gasteiger partial charge in [-0.05, 0) is 68.1 Å². The Morgan fingerprint density at radius 2 is 1.83 bits per heavy atom. The Kier molecular flexibility index (Phi) is 6.57. The number of ether oxygens (including phenoxy) is 2. The Hall–Kier alpha value is -0.600. The monoisotopic (exact) mass is 332 g/mol. The van der Waals surface area contributed by atoms with E-state index in [0.29, 0.717) is 11.5 Å². The van der Waals surface area contributed by atoms with Gasteiger partial charge in [0, 0.05) is 7.11 Å². The van der Waals surface area contributed by atoms with E-state index in [1.807, 2.05) is 0 Å². The Balaban J connectivity index is 0.000000112. The highest BCUT2D eigenvalue weighted by Gasteiger charge is 2.39. The fourth-order valence-electron chi connectivity index (χ4n) is 4.76. The molecule has 1 aliphatic heterocycles. The molecule has 1 saturated heterocycles. The zero-order valence-corrected chi connectivity index (χ0v) is 15.7. The summed E-state index contributed by atoms with van der Waals surface area (Å²) in [7, 11) is 1.68. The second kappa shape index (κ2) is 8.67. The second-order valence-electron chi connectivity index (χ2n) is 8.46.